The first-order valence-electron chi connectivity index (χ1n) is 7.46. The third-order valence-electron chi connectivity index (χ3n) is 3.35. The fourth-order valence-corrected chi connectivity index (χ4v) is 3.03. The standard InChI is InChI=1S/C16H31NO4/c1-8-9-17(14(19)21-7)12-16(4,5)11-15(2,3)10-13(18)20-6/h8-12H2,1-7H3. The first-order chi connectivity index (χ1) is 9.56. The molecule has 0 aliphatic rings. The van der Waals surface area contributed by atoms with Gasteiger partial charge in [0, 0.05) is 13.1 Å². The minimum Gasteiger partial charge on any atom is -0.469 e. The molecule has 5 nitrogen and oxygen atoms in total. The molecule has 0 aromatic heterocycles. The van der Waals surface area contributed by atoms with Gasteiger partial charge in [-0.2, -0.15) is 0 Å². The van der Waals surface area contributed by atoms with Gasteiger partial charge in [-0.25, -0.2) is 4.79 Å². The molecule has 0 heterocycles. The van der Waals surface area contributed by atoms with Crippen LogP contribution >= 0.6 is 0 Å². The molecule has 0 bridgehead atoms. The van der Waals surface area contributed by atoms with Crippen LogP contribution in [0.1, 0.15) is 53.9 Å². The van der Waals surface area contributed by atoms with Crippen LogP contribution in [0.15, 0.2) is 0 Å². The molecular weight excluding hydrogens is 270 g/mol. The van der Waals surface area contributed by atoms with Crippen molar-refractivity contribution in [3.8, 4) is 0 Å². The van der Waals surface area contributed by atoms with Gasteiger partial charge in [0.15, 0.2) is 0 Å². The van der Waals surface area contributed by atoms with E-state index in [-0.39, 0.29) is 22.9 Å². The highest BCUT2D eigenvalue weighted by Crippen LogP contribution is 2.37. The normalized spacial score (nSPS) is 12.0. The number of methoxy groups -OCH3 is 2. The van der Waals surface area contributed by atoms with Crippen LogP contribution in [-0.4, -0.2) is 44.3 Å². The predicted molar refractivity (Wildman–Crippen MR) is 83.1 cm³/mol. The summed E-state index contributed by atoms with van der Waals surface area (Å²) in [5, 5.41) is 0. The first kappa shape index (κ1) is 19.7. The molecule has 0 spiro atoms. The van der Waals surface area contributed by atoms with Crippen molar-refractivity contribution >= 4 is 12.1 Å². The summed E-state index contributed by atoms with van der Waals surface area (Å²) in [6, 6.07) is 0. The number of hydrogen-bond acceptors (Lipinski definition) is 4. The Hall–Kier alpha value is -1.26. The highest BCUT2D eigenvalue weighted by Gasteiger charge is 2.33. The lowest BCUT2D eigenvalue weighted by Crippen LogP contribution is -2.41. The largest absolute Gasteiger partial charge is 0.469 e. The van der Waals surface area contributed by atoms with Gasteiger partial charge in [-0.3, -0.25) is 4.79 Å². The van der Waals surface area contributed by atoms with Gasteiger partial charge < -0.3 is 14.4 Å². The number of hydrogen-bond donors (Lipinski definition) is 0. The zero-order chi connectivity index (χ0) is 16.7. The topological polar surface area (TPSA) is 55.8 Å². The van der Waals surface area contributed by atoms with E-state index < -0.39 is 0 Å². The highest BCUT2D eigenvalue weighted by atomic mass is 16.5. The summed E-state index contributed by atoms with van der Waals surface area (Å²) in [4.78, 5) is 25.0. The molecule has 0 aliphatic heterocycles. The van der Waals surface area contributed by atoms with Crippen molar-refractivity contribution in [1.29, 1.82) is 0 Å². The summed E-state index contributed by atoms with van der Waals surface area (Å²) in [7, 11) is 2.81. The van der Waals surface area contributed by atoms with Crippen molar-refractivity contribution in [1.82, 2.24) is 4.90 Å². The van der Waals surface area contributed by atoms with E-state index in [1.807, 2.05) is 20.8 Å². The van der Waals surface area contributed by atoms with Gasteiger partial charge in [0.1, 0.15) is 0 Å². The summed E-state index contributed by atoms with van der Waals surface area (Å²) >= 11 is 0. The van der Waals surface area contributed by atoms with Crippen molar-refractivity contribution in [2.75, 3.05) is 27.3 Å². The molecule has 0 rings (SSSR count). The van der Waals surface area contributed by atoms with E-state index >= 15 is 0 Å². The molecule has 0 saturated carbocycles. The molecule has 0 unspecified atom stereocenters. The maximum absolute atomic E-state index is 11.8. The molecule has 0 aliphatic carbocycles. The maximum atomic E-state index is 11.8. The molecular formula is C16H31NO4. The van der Waals surface area contributed by atoms with Crippen LogP contribution in [-0.2, 0) is 14.3 Å². The average molecular weight is 301 g/mol. The fourth-order valence-electron chi connectivity index (χ4n) is 3.03. The number of carbonyl (C=O) groups excluding carboxylic acids is 2. The molecule has 0 saturated heterocycles. The Morgan fingerprint density at radius 2 is 1.57 bits per heavy atom. The molecule has 5 heteroatoms. The van der Waals surface area contributed by atoms with E-state index in [0.29, 0.717) is 19.5 Å². The number of carbonyl (C=O) groups is 2. The lowest BCUT2D eigenvalue weighted by atomic mass is 9.73. The second-order valence-corrected chi connectivity index (χ2v) is 7.15. The fraction of sp³-hybridized carbons (Fsp3) is 0.875. The Morgan fingerprint density at radius 1 is 1.00 bits per heavy atom. The second kappa shape index (κ2) is 8.25. The van der Waals surface area contributed by atoms with E-state index in [0.717, 1.165) is 12.8 Å². The van der Waals surface area contributed by atoms with Gasteiger partial charge in [0.05, 0.1) is 20.6 Å². The van der Waals surface area contributed by atoms with Crippen molar-refractivity contribution in [3.05, 3.63) is 0 Å². The molecule has 0 fully saturated rings. The van der Waals surface area contributed by atoms with Crippen LogP contribution in [0.5, 0.6) is 0 Å². The lowest BCUT2D eigenvalue weighted by Gasteiger charge is -2.37. The molecule has 0 aromatic rings. The van der Waals surface area contributed by atoms with Crippen molar-refractivity contribution in [3.63, 3.8) is 0 Å². The van der Waals surface area contributed by atoms with Crippen LogP contribution in [0.25, 0.3) is 0 Å². The Morgan fingerprint density at radius 3 is 2.00 bits per heavy atom. The third-order valence-corrected chi connectivity index (χ3v) is 3.35. The van der Waals surface area contributed by atoms with Crippen molar-refractivity contribution < 1.29 is 19.1 Å². The van der Waals surface area contributed by atoms with E-state index in [1.54, 1.807) is 4.90 Å². The Bertz CT molecular complexity index is 350. The van der Waals surface area contributed by atoms with Crippen LogP contribution in [0.4, 0.5) is 4.79 Å². The molecule has 0 aromatic carbocycles. The molecule has 0 N–H and O–H groups in total. The Labute approximate surface area is 129 Å². The minimum atomic E-state index is -0.296. The van der Waals surface area contributed by atoms with E-state index in [1.165, 1.54) is 14.2 Å². The van der Waals surface area contributed by atoms with Gasteiger partial charge in [-0.1, -0.05) is 34.6 Å². The minimum absolute atomic E-state index is 0.110. The monoisotopic (exact) mass is 301 g/mol. The van der Waals surface area contributed by atoms with Gasteiger partial charge >= 0.3 is 12.1 Å². The van der Waals surface area contributed by atoms with Gasteiger partial charge in [0.2, 0.25) is 0 Å². The van der Waals surface area contributed by atoms with Gasteiger partial charge in [-0.05, 0) is 23.7 Å². The lowest BCUT2D eigenvalue weighted by molar-refractivity contribution is -0.143. The maximum Gasteiger partial charge on any atom is 0.409 e. The van der Waals surface area contributed by atoms with Gasteiger partial charge in [0.25, 0.3) is 0 Å². The van der Waals surface area contributed by atoms with Crippen LogP contribution in [0, 0.1) is 10.8 Å². The van der Waals surface area contributed by atoms with Crippen molar-refractivity contribution in [2.24, 2.45) is 10.8 Å². The van der Waals surface area contributed by atoms with E-state index in [4.69, 9.17) is 9.47 Å². The smallest absolute Gasteiger partial charge is 0.409 e. The number of ether oxygens (including phenoxy) is 2. The zero-order valence-corrected chi connectivity index (χ0v) is 14.6. The quantitative estimate of drug-likeness (QED) is 0.644. The summed E-state index contributed by atoms with van der Waals surface area (Å²) in [5.41, 5.74) is -0.286. The highest BCUT2D eigenvalue weighted by molar-refractivity contribution is 5.70. The SMILES string of the molecule is CCCN(CC(C)(C)CC(C)(C)CC(=O)OC)C(=O)OC. The summed E-state index contributed by atoms with van der Waals surface area (Å²) < 4.78 is 9.59. The van der Waals surface area contributed by atoms with Gasteiger partial charge in [-0.15, -0.1) is 0 Å². The van der Waals surface area contributed by atoms with Crippen LogP contribution in [0.2, 0.25) is 0 Å². The van der Waals surface area contributed by atoms with E-state index in [2.05, 4.69) is 13.8 Å². The summed E-state index contributed by atoms with van der Waals surface area (Å²) in [5.74, 6) is -0.200. The van der Waals surface area contributed by atoms with Crippen molar-refractivity contribution in [2.45, 2.75) is 53.9 Å². The molecule has 1 amide bonds. The van der Waals surface area contributed by atoms with E-state index in [9.17, 15) is 9.59 Å². The first-order valence-corrected chi connectivity index (χ1v) is 7.46. The summed E-state index contributed by atoms with van der Waals surface area (Å²) in [6.07, 6.45) is 1.78. The third kappa shape index (κ3) is 7.93. The Kier molecular flexibility index (Phi) is 7.75. The number of esters is 1. The van der Waals surface area contributed by atoms with Crippen LogP contribution in [0.3, 0.4) is 0 Å². The number of nitrogens with zero attached hydrogens (tertiary/aromatic N) is 1. The predicted octanol–water partition coefficient (Wildman–Crippen LogP) is 3.47. The molecule has 21 heavy (non-hydrogen) atoms. The van der Waals surface area contributed by atoms with Crippen LogP contribution < -0.4 is 0 Å². The number of amides is 1. The Balaban J connectivity index is 4.78. The molecule has 124 valence electrons. The second-order valence-electron chi connectivity index (χ2n) is 7.15. The summed E-state index contributed by atoms with van der Waals surface area (Å²) in [6.45, 7) is 11.6. The number of rotatable bonds is 8. The zero-order valence-electron chi connectivity index (χ0n) is 14.6. The average Bonchev–Trinajstić information content (AvgIpc) is 2.34. The molecule has 0 radical (unpaired) electrons. The molecule has 0 atom stereocenters.